The zero-order chi connectivity index (χ0) is 14.0. The van der Waals surface area contributed by atoms with Gasteiger partial charge in [-0.1, -0.05) is 0 Å². The zero-order valence-electron chi connectivity index (χ0n) is 11.8. The molecule has 0 aromatic carbocycles. The first-order valence-electron chi connectivity index (χ1n) is 6.74. The molecule has 2 aliphatic heterocycles. The van der Waals surface area contributed by atoms with Crippen LogP contribution in [-0.4, -0.2) is 58.2 Å². The predicted octanol–water partition coefficient (Wildman–Crippen LogP) is 1.92. The Morgan fingerprint density at radius 2 is 2.00 bits per heavy atom. The highest BCUT2D eigenvalue weighted by molar-refractivity contribution is 7.99. The van der Waals surface area contributed by atoms with Gasteiger partial charge in [-0.3, -0.25) is 9.69 Å². The molecule has 0 N–H and O–H groups in total. The Hall–Kier alpha value is -0.910. The summed E-state index contributed by atoms with van der Waals surface area (Å²) in [5.41, 5.74) is -0.517. The van der Waals surface area contributed by atoms with Gasteiger partial charge < -0.3 is 9.64 Å². The summed E-state index contributed by atoms with van der Waals surface area (Å²) in [6, 6.07) is -0.325. The summed E-state index contributed by atoms with van der Waals surface area (Å²) in [6.07, 6.45) is 1.26. The molecule has 0 saturated carbocycles. The van der Waals surface area contributed by atoms with Gasteiger partial charge in [-0.25, -0.2) is 4.79 Å². The maximum atomic E-state index is 12.4. The summed E-state index contributed by atoms with van der Waals surface area (Å²) < 4.78 is 5.38. The largest absolute Gasteiger partial charge is 0.444 e. The summed E-state index contributed by atoms with van der Waals surface area (Å²) in [5, 5.41) is 0. The lowest BCUT2D eigenvalue weighted by atomic mass is 10.2. The Morgan fingerprint density at radius 3 is 2.58 bits per heavy atom. The second-order valence-electron chi connectivity index (χ2n) is 5.97. The number of nitrogens with zero attached hydrogens (tertiary/aromatic N) is 2. The van der Waals surface area contributed by atoms with Gasteiger partial charge in [0.15, 0.2) is 0 Å². The maximum absolute atomic E-state index is 12.4. The molecule has 0 bridgehead atoms. The Kier molecular flexibility index (Phi) is 4.28. The Bertz CT molecular complexity index is 361. The molecule has 2 saturated heterocycles. The van der Waals surface area contributed by atoms with E-state index in [0.717, 1.165) is 31.0 Å². The second kappa shape index (κ2) is 5.61. The van der Waals surface area contributed by atoms with Gasteiger partial charge in [0.1, 0.15) is 11.6 Å². The quantitative estimate of drug-likeness (QED) is 0.739. The van der Waals surface area contributed by atoms with E-state index in [9.17, 15) is 9.59 Å². The van der Waals surface area contributed by atoms with E-state index in [-0.39, 0.29) is 18.0 Å². The summed E-state index contributed by atoms with van der Waals surface area (Å²) >= 11 is 1.76. The highest BCUT2D eigenvalue weighted by Gasteiger charge is 2.39. The number of thioether (sulfide) groups is 1. The van der Waals surface area contributed by atoms with Crippen LogP contribution in [0.4, 0.5) is 4.79 Å². The highest BCUT2D eigenvalue weighted by Crippen LogP contribution is 2.24. The van der Waals surface area contributed by atoms with Crippen LogP contribution in [0.2, 0.25) is 0 Å². The van der Waals surface area contributed by atoms with Crippen molar-refractivity contribution in [2.75, 3.05) is 24.7 Å². The van der Waals surface area contributed by atoms with Crippen molar-refractivity contribution in [2.45, 2.75) is 45.3 Å². The van der Waals surface area contributed by atoms with E-state index in [1.54, 1.807) is 16.7 Å². The minimum Gasteiger partial charge on any atom is -0.444 e. The molecular weight excluding hydrogens is 264 g/mol. The number of carbonyl (C=O) groups is 2. The van der Waals surface area contributed by atoms with Gasteiger partial charge in [-0.2, -0.15) is 0 Å². The van der Waals surface area contributed by atoms with Gasteiger partial charge in [0.2, 0.25) is 5.91 Å². The molecule has 0 radical (unpaired) electrons. The topological polar surface area (TPSA) is 49.9 Å². The number of ether oxygens (including phenoxy) is 1. The van der Waals surface area contributed by atoms with Crippen LogP contribution in [0.15, 0.2) is 0 Å². The molecule has 1 unspecified atom stereocenters. The molecule has 2 rings (SSSR count). The third kappa shape index (κ3) is 3.55. The third-order valence-electron chi connectivity index (χ3n) is 3.23. The van der Waals surface area contributed by atoms with Gasteiger partial charge in [0.25, 0.3) is 0 Å². The molecule has 2 heterocycles. The molecule has 0 spiro atoms. The summed E-state index contributed by atoms with van der Waals surface area (Å²) in [7, 11) is 0. The molecule has 2 amide bonds. The Morgan fingerprint density at radius 1 is 1.26 bits per heavy atom. The molecule has 19 heavy (non-hydrogen) atoms. The highest BCUT2D eigenvalue weighted by atomic mass is 32.2. The van der Waals surface area contributed by atoms with Gasteiger partial charge >= 0.3 is 6.09 Å². The van der Waals surface area contributed by atoms with Crippen molar-refractivity contribution in [2.24, 2.45) is 0 Å². The van der Waals surface area contributed by atoms with Crippen molar-refractivity contribution in [1.82, 2.24) is 9.80 Å². The third-order valence-corrected chi connectivity index (χ3v) is 4.20. The standard InChI is InChI=1S/C13H22N2O3S/c1-13(2,3)18-12(17)15-6-4-5-10(15)11(16)14-7-8-19-9-14/h10H,4-9H2,1-3H3. The van der Waals surface area contributed by atoms with Crippen molar-refractivity contribution < 1.29 is 14.3 Å². The molecule has 0 aromatic rings. The molecular formula is C13H22N2O3S. The first kappa shape index (κ1) is 14.5. The molecule has 5 nitrogen and oxygen atoms in total. The van der Waals surface area contributed by atoms with Crippen molar-refractivity contribution in [3.63, 3.8) is 0 Å². The van der Waals surface area contributed by atoms with Crippen molar-refractivity contribution >= 4 is 23.8 Å². The van der Waals surface area contributed by atoms with E-state index < -0.39 is 5.60 Å². The minimum absolute atomic E-state index is 0.0772. The van der Waals surface area contributed by atoms with Crippen LogP contribution in [0.5, 0.6) is 0 Å². The lowest BCUT2D eigenvalue weighted by Crippen LogP contribution is -2.48. The lowest BCUT2D eigenvalue weighted by molar-refractivity contribution is -0.134. The van der Waals surface area contributed by atoms with E-state index in [1.807, 2.05) is 25.7 Å². The summed E-state index contributed by atoms with van der Waals surface area (Å²) in [5.74, 6) is 1.82. The van der Waals surface area contributed by atoms with Crippen LogP contribution in [0.25, 0.3) is 0 Å². The van der Waals surface area contributed by atoms with Crippen LogP contribution in [0.1, 0.15) is 33.6 Å². The van der Waals surface area contributed by atoms with Crippen LogP contribution in [0, 0.1) is 0 Å². The molecule has 108 valence electrons. The van der Waals surface area contributed by atoms with Crippen LogP contribution >= 0.6 is 11.8 Å². The molecule has 1 atom stereocenters. The second-order valence-corrected chi connectivity index (χ2v) is 7.05. The molecule has 0 aromatic heterocycles. The van der Waals surface area contributed by atoms with Crippen molar-refractivity contribution in [1.29, 1.82) is 0 Å². The maximum Gasteiger partial charge on any atom is 0.410 e. The predicted molar refractivity (Wildman–Crippen MR) is 75.0 cm³/mol. The average Bonchev–Trinajstić information content (AvgIpc) is 2.97. The van der Waals surface area contributed by atoms with Crippen LogP contribution in [0.3, 0.4) is 0 Å². The molecule has 2 fully saturated rings. The number of hydrogen-bond donors (Lipinski definition) is 0. The number of carbonyl (C=O) groups excluding carboxylic acids is 2. The number of hydrogen-bond acceptors (Lipinski definition) is 4. The van der Waals surface area contributed by atoms with Gasteiger partial charge in [0.05, 0.1) is 5.88 Å². The summed E-state index contributed by atoms with van der Waals surface area (Å²) in [6.45, 7) is 6.94. The van der Waals surface area contributed by atoms with Crippen LogP contribution < -0.4 is 0 Å². The van der Waals surface area contributed by atoms with E-state index in [0.29, 0.717) is 6.54 Å². The van der Waals surface area contributed by atoms with E-state index in [2.05, 4.69) is 0 Å². The first-order chi connectivity index (χ1) is 8.88. The monoisotopic (exact) mass is 286 g/mol. The minimum atomic E-state index is -0.517. The van der Waals surface area contributed by atoms with E-state index >= 15 is 0 Å². The Labute approximate surface area is 118 Å². The summed E-state index contributed by atoms with van der Waals surface area (Å²) in [4.78, 5) is 27.9. The van der Waals surface area contributed by atoms with Gasteiger partial charge in [0, 0.05) is 18.8 Å². The molecule has 2 aliphatic rings. The van der Waals surface area contributed by atoms with E-state index in [1.165, 1.54) is 0 Å². The molecule has 6 heteroatoms. The number of rotatable bonds is 1. The van der Waals surface area contributed by atoms with Crippen molar-refractivity contribution in [3.8, 4) is 0 Å². The van der Waals surface area contributed by atoms with Gasteiger partial charge in [-0.05, 0) is 33.6 Å². The normalized spacial score (nSPS) is 23.8. The van der Waals surface area contributed by atoms with E-state index in [4.69, 9.17) is 4.74 Å². The SMILES string of the molecule is CC(C)(C)OC(=O)N1CCCC1C(=O)N1CCSC1. The fourth-order valence-electron chi connectivity index (χ4n) is 2.36. The van der Waals surface area contributed by atoms with Crippen LogP contribution in [-0.2, 0) is 9.53 Å². The van der Waals surface area contributed by atoms with Crippen molar-refractivity contribution in [3.05, 3.63) is 0 Å². The first-order valence-corrected chi connectivity index (χ1v) is 7.90. The number of likely N-dealkylation sites (tertiary alicyclic amines) is 1. The fraction of sp³-hybridized carbons (Fsp3) is 0.846. The fourth-order valence-corrected chi connectivity index (χ4v) is 3.32. The smallest absolute Gasteiger partial charge is 0.410 e. The Balaban J connectivity index is 2.00. The van der Waals surface area contributed by atoms with Gasteiger partial charge in [-0.15, -0.1) is 11.8 Å². The zero-order valence-corrected chi connectivity index (χ0v) is 12.7. The molecule has 0 aliphatic carbocycles. The number of amides is 2. The lowest BCUT2D eigenvalue weighted by Gasteiger charge is -2.29. The average molecular weight is 286 g/mol.